The summed E-state index contributed by atoms with van der Waals surface area (Å²) in [6.45, 7) is 0. The highest BCUT2D eigenvalue weighted by atomic mass is 16.4. The lowest BCUT2D eigenvalue weighted by atomic mass is 10.1. The van der Waals surface area contributed by atoms with Crippen LogP contribution in [0.25, 0.3) is 10.9 Å². The Morgan fingerprint density at radius 1 is 0.727 bits per heavy atom. The van der Waals surface area contributed by atoms with Crippen LogP contribution in [0, 0.1) is 0 Å². The van der Waals surface area contributed by atoms with Gasteiger partial charge in [-0.3, -0.25) is 4.98 Å². The second kappa shape index (κ2) is 6.99. The molecule has 5 heteroatoms. The lowest BCUT2D eigenvalue weighted by molar-refractivity contribution is 0.0681. The number of fused-ring (bicyclic) bond motifs is 1. The van der Waals surface area contributed by atoms with E-state index in [0.29, 0.717) is 0 Å². The molecule has 0 aliphatic heterocycles. The highest BCUT2D eigenvalue weighted by Gasteiger charge is 2.04. The molecule has 1 heterocycles. The Balaban J connectivity index is 0.000000162. The number of rotatable bonds is 2. The third-order valence-electron chi connectivity index (χ3n) is 2.89. The molecule has 110 valence electrons. The molecule has 0 saturated heterocycles. The fourth-order valence-corrected chi connectivity index (χ4v) is 1.77. The average Bonchev–Trinajstić information content (AvgIpc) is 2.55. The second-order valence-electron chi connectivity index (χ2n) is 4.38. The van der Waals surface area contributed by atoms with Gasteiger partial charge in [-0.2, -0.15) is 0 Å². The first-order valence-electron chi connectivity index (χ1n) is 6.44. The molecule has 3 aromatic rings. The van der Waals surface area contributed by atoms with Crippen LogP contribution >= 0.6 is 0 Å². The van der Waals surface area contributed by atoms with E-state index in [9.17, 15) is 9.59 Å². The molecule has 2 N–H and O–H groups in total. The molecule has 0 atom stereocenters. The van der Waals surface area contributed by atoms with E-state index in [1.54, 1.807) is 0 Å². The summed E-state index contributed by atoms with van der Waals surface area (Å²) in [5.41, 5.74) is 1.23. The van der Waals surface area contributed by atoms with Crippen LogP contribution in [0.5, 0.6) is 0 Å². The van der Waals surface area contributed by atoms with Crippen LogP contribution in [0.1, 0.15) is 20.7 Å². The number of hydrogen-bond acceptors (Lipinski definition) is 3. The van der Waals surface area contributed by atoms with Crippen molar-refractivity contribution >= 4 is 22.8 Å². The monoisotopic (exact) mass is 295 g/mol. The number of benzene rings is 2. The molecule has 3 rings (SSSR count). The largest absolute Gasteiger partial charge is 0.478 e. The van der Waals surface area contributed by atoms with E-state index in [1.165, 1.54) is 29.7 Å². The standard InChI is InChI=1S/C9H7N.C8H6O4/c1-2-6-9-8(4-1)5-3-7-10-9;9-7(10)5-1-2-6(4-3-5)8(11)12/h1-7H;1-4H,(H,9,10)(H,11,12). The molecule has 0 aliphatic carbocycles. The van der Waals surface area contributed by atoms with E-state index in [2.05, 4.69) is 17.1 Å². The van der Waals surface area contributed by atoms with Crippen molar-refractivity contribution < 1.29 is 19.8 Å². The van der Waals surface area contributed by atoms with Gasteiger partial charge in [-0.15, -0.1) is 0 Å². The second-order valence-corrected chi connectivity index (χ2v) is 4.38. The van der Waals surface area contributed by atoms with Gasteiger partial charge in [-0.05, 0) is 36.4 Å². The van der Waals surface area contributed by atoms with Crippen molar-refractivity contribution in [2.45, 2.75) is 0 Å². The number of carbonyl (C=O) groups is 2. The first-order chi connectivity index (χ1) is 10.6. The average molecular weight is 295 g/mol. The Kier molecular flexibility index (Phi) is 4.82. The van der Waals surface area contributed by atoms with E-state index in [-0.39, 0.29) is 11.1 Å². The number of aromatic carboxylic acids is 2. The van der Waals surface area contributed by atoms with Gasteiger partial charge in [0.1, 0.15) is 0 Å². The molecule has 1 aromatic heterocycles. The molecule has 0 spiro atoms. The number of para-hydroxylation sites is 1. The Hall–Kier alpha value is -3.21. The van der Waals surface area contributed by atoms with Crippen LogP contribution in [0.15, 0.2) is 66.9 Å². The zero-order valence-corrected chi connectivity index (χ0v) is 11.5. The molecular weight excluding hydrogens is 282 g/mol. The Morgan fingerprint density at radius 2 is 1.23 bits per heavy atom. The summed E-state index contributed by atoms with van der Waals surface area (Å²) >= 11 is 0. The number of carboxylic acids is 2. The van der Waals surface area contributed by atoms with Crippen molar-refractivity contribution in [2.24, 2.45) is 0 Å². The van der Waals surface area contributed by atoms with Crippen molar-refractivity contribution in [3.05, 3.63) is 78.0 Å². The lowest BCUT2D eigenvalue weighted by Crippen LogP contribution is -1.99. The number of hydrogen-bond donors (Lipinski definition) is 2. The molecule has 2 aromatic carbocycles. The van der Waals surface area contributed by atoms with Crippen LogP contribution in [0.2, 0.25) is 0 Å². The van der Waals surface area contributed by atoms with Gasteiger partial charge in [0.25, 0.3) is 0 Å². The minimum absolute atomic E-state index is 0.0833. The molecule has 0 bridgehead atoms. The fraction of sp³-hybridized carbons (Fsp3) is 0. The SMILES string of the molecule is O=C(O)c1ccc(C(=O)O)cc1.c1ccc2ncccc2c1. The van der Waals surface area contributed by atoms with Gasteiger partial charge in [-0.1, -0.05) is 24.3 Å². The van der Waals surface area contributed by atoms with E-state index >= 15 is 0 Å². The van der Waals surface area contributed by atoms with Crippen molar-refractivity contribution in [1.29, 1.82) is 0 Å². The van der Waals surface area contributed by atoms with Crippen LogP contribution in [-0.4, -0.2) is 27.1 Å². The fourth-order valence-electron chi connectivity index (χ4n) is 1.77. The maximum absolute atomic E-state index is 10.3. The minimum Gasteiger partial charge on any atom is -0.478 e. The molecule has 0 saturated carbocycles. The van der Waals surface area contributed by atoms with Crippen LogP contribution in [-0.2, 0) is 0 Å². The molecule has 0 unspecified atom stereocenters. The molecule has 0 fully saturated rings. The lowest BCUT2D eigenvalue weighted by Gasteiger charge is -1.94. The predicted molar refractivity (Wildman–Crippen MR) is 82.1 cm³/mol. The zero-order valence-electron chi connectivity index (χ0n) is 11.5. The smallest absolute Gasteiger partial charge is 0.335 e. The van der Waals surface area contributed by atoms with Gasteiger partial charge < -0.3 is 10.2 Å². The Labute approximate surface area is 126 Å². The Bertz CT molecular complexity index is 699. The predicted octanol–water partition coefficient (Wildman–Crippen LogP) is 3.32. The maximum atomic E-state index is 10.3. The molecular formula is C17H13NO4. The first kappa shape index (κ1) is 15.2. The van der Waals surface area contributed by atoms with Gasteiger partial charge in [0.05, 0.1) is 16.6 Å². The highest BCUT2D eigenvalue weighted by molar-refractivity contribution is 5.91. The number of carboxylic acid groups (broad SMARTS) is 2. The van der Waals surface area contributed by atoms with Crippen molar-refractivity contribution in [3.63, 3.8) is 0 Å². The minimum atomic E-state index is -1.06. The van der Waals surface area contributed by atoms with Crippen molar-refractivity contribution in [1.82, 2.24) is 4.98 Å². The van der Waals surface area contributed by atoms with Crippen molar-refractivity contribution in [2.75, 3.05) is 0 Å². The molecule has 22 heavy (non-hydrogen) atoms. The van der Waals surface area contributed by atoms with Gasteiger partial charge in [-0.25, -0.2) is 9.59 Å². The van der Waals surface area contributed by atoms with E-state index < -0.39 is 11.9 Å². The Morgan fingerprint density at radius 3 is 1.73 bits per heavy atom. The summed E-state index contributed by atoms with van der Waals surface area (Å²) in [7, 11) is 0. The van der Waals surface area contributed by atoms with Gasteiger partial charge in [0, 0.05) is 11.6 Å². The van der Waals surface area contributed by atoms with E-state index in [1.807, 2.05) is 30.5 Å². The quantitative estimate of drug-likeness (QED) is 0.757. The number of pyridine rings is 1. The van der Waals surface area contributed by atoms with Gasteiger partial charge >= 0.3 is 11.9 Å². The van der Waals surface area contributed by atoms with Crippen LogP contribution in [0.3, 0.4) is 0 Å². The van der Waals surface area contributed by atoms with Gasteiger partial charge in [0.15, 0.2) is 0 Å². The number of nitrogens with zero attached hydrogens (tertiary/aromatic N) is 1. The third kappa shape index (κ3) is 3.89. The first-order valence-corrected chi connectivity index (χ1v) is 6.44. The van der Waals surface area contributed by atoms with Gasteiger partial charge in [0.2, 0.25) is 0 Å². The van der Waals surface area contributed by atoms with Crippen molar-refractivity contribution in [3.8, 4) is 0 Å². The summed E-state index contributed by atoms with van der Waals surface area (Å²) in [4.78, 5) is 24.9. The summed E-state index contributed by atoms with van der Waals surface area (Å²) in [6, 6.07) is 17.1. The summed E-state index contributed by atoms with van der Waals surface area (Å²) in [5, 5.41) is 18.1. The summed E-state index contributed by atoms with van der Waals surface area (Å²) in [6.07, 6.45) is 1.81. The maximum Gasteiger partial charge on any atom is 0.335 e. The third-order valence-corrected chi connectivity index (χ3v) is 2.89. The van der Waals surface area contributed by atoms with E-state index in [0.717, 1.165) is 5.52 Å². The van der Waals surface area contributed by atoms with Crippen LogP contribution < -0.4 is 0 Å². The normalized spacial score (nSPS) is 9.64. The topological polar surface area (TPSA) is 87.5 Å². The molecule has 5 nitrogen and oxygen atoms in total. The molecule has 0 amide bonds. The summed E-state index contributed by atoms with van der Waals surface area (Å²) < 4.78 is 0. The molecule has 0 radical (unpaired) electrons. The summed E-state index contributed by atoms with van der Waals surface area (Å²) in [5.74, 6) is -2.13. The zero-order chi connectivity index (χ0) is 15.9. The highest BCUT2D eigenvalue weighted by Crippen LogP contribution is 2.08. The van der Waals surface area contributed by atoms with Crippen LogP contribution in [0.4, 0.5) is 0 Å². The van der Waals surface area contributed by atoms with E-state index in [4.69, 9.17) is 10.2 Å². The molecule has 0 aliphatic rings. The number of aromatic nitrogens is 1.